The zero-order valence-corrected chi connectivity index (χ0v) is 5.95. The largest absolute Gasteiger partial charge is 0.299 e. The van der Waals surface area contributed by atoms with Gasteiger partial charge in [-0.2, -0.15) is 0 Å². The van der Waals surface area contributed by atoms with Gasteiger partial charge in [0.1, 0.15) is 0 Å². The molecule has 1 heterocycles. The number of alkyl halides is 1. The van der Waals surface area contributed by atoms with Gasteiger partial charge in [0.05, 0.1) is 3.55 Å². The van der Waals surface area contributed by atoms with E-state index >= 15 is 0 Å². The highest BCUT2D eigenvalue weighted by Crippen LogP contribution is 2.28. The Labute approximate surface area is 51.6 Å². The summed E-state index contributed by atoms with van der Waals surface area (Å²) in [5, 5.41) is 3.25. The van der Waals surface area contributed by atoms with Crippen molar-refractivity contribution in [3.63, 3.8) is 0 Å². The van der Waals surface area contributed by atoms with Crippen LogP contribution in [0.1, 0.15) is 13.3 Å². The first-order chi connectivity index (χ1) is 2.77. The standard InChI is InChI=1S/C4H8IN/c1-2-4(5)3-6-4/h6H,2-3H2,1H3/t4-/m0/s1. The Morgan fingerprint density at radius 2 is 2.50 bits per heavy atom. The van der Waals surface area contributed by atoms with E-state index < -0.39 is 0 Å². The molecule has 1 nitrogen and oxygen atoms in total. The van der Waals surface area contributed by atoms with E-state index in [4.69, 9.17) is 0 Å². The van der Waals surface area contributed by atoms with Crippen molar-refractivity contribution in [1.82, 2.24) is 5.32 Å². The molecule has 0 radical (unpaired) electrons. The Morgan fingerprint density at radius 1 is 2.00 bits per heavy atom. The fourth-order valence-corrected chi connectivity index (χ4v) is 0.537. The molecule has 0 bridgehead atoms. The van der Waals surface area contributed by atoms with Crippen LogP contribution in [0.5, 0.6) is 0 Å². The maximum Gasteiger partial charge on any atom is 0.0829 e. The lowest BCUT2D eigenvalue weighted by Crippen LogP contribution is -1.98. The number of nitrogens with one attached hydrogen (secondary N) is 1. The lowest BCUT2D eigenvalue weighted by molar-refractivity contribution is 0.867. The Hall–Kier alpha value is 0.690. The summed E-state index contributed by atoms with van der Waals surface area (Å²) in [7, 11) is 0. The zero-order valence-electron chi connectivity index (χ0n) is 3.79. The van der Waals surface area contributed by atoms with Gasteiger partial charge < -0.3 is 0 Å². The van der Waals surface area contributed by atoms with E-state index in [0.717, 1.165) is 0 Å². The van der Waals surface area contributed by atoms with Crippen LogP contribution in [0, 0.1) is 0 Å². The molecule has 0 spiro atoms. The maximum absolute atomic E-state index is 3.25. The predicted molar refractivity (Wildman–Crippen MR) is 35.0 cm³/mol. The fourth-order valence-electron chi connectivity index (χ4n) is 0.346. The molecule has 1 aliphatic rings. The van der Waals surface area contributed by atoms with E-state index in [2.05, 4.69) is 34.8 Å². The van der Waals surface area contributed by atoms with Crippen molar-refractivity contribution in [3.05, 3.63) is 0 Å². The third-order valence-corrected chi connectivity index (χ3v) is 2.65. The molecule has 1 rings (SSSR count). The third kappa shape index (κ3) is 0.846. The quantitative estimate of drug-likeness (QED) is 0.289. The second-order valence-electron chi connectivity index (χ2n) is 1.67. The van der Waals surface area contributed by atoms with E-state index in [1.165, 1.54) is 13.0 Å². The topological polar surface area (TPSA) is 21.9 Å². The molecule has 6 heavy (non-hydrogen) atoms. The average Bonchev–Trinajstić information content (AvgIpc) is 2.22. The van der Waals surface area contributed by atoms with Crippen LogP contribution in [0.3, 0.4) is 0 Å². The minimum Gasteiger partial charge on any atom is -0.299 e. The average molecular weight is 197 g/mol. The summed E-state index contributed by atoms with van der Waals surface area (Å²) in [6.45, 7) is 3.41. The number of halogens is 1. The normalized spacial score (nSPS) is 43.0. The van der Waals surface area contributed by atoms with Crippen LogP contribution >= 0.6 is 22.6 Å². The molecule has 1 aliphatic heterocycles. The first kappa shape index (κ1) is 4.84. The van der Waals surface area contributed by atoms with Crippen LogP contribution < -0.4 is 5.32 Å². The zero-order chi connectivity index (χ0) is 4.62. The summed E-state index contributed by atoms with van der Waals surface area (Å²) in [6, 6.07) is 0. The summed E-state index contributed by atoms with van der Waals surface area (Å²) in [5.41, 5.74) is 0. The van der Waals surface area contributed by atoms with E-state index in [9.17, 15) is 0 Å². The van der Waals surface area contributed by atoms with Crippen LogP contribution in [0.25, 0.3) is 0 Å². The summed E-state index contributed by atoms with van der Waals surface area (Å²) in [6.07, 6.45) is 1.26. The predicted octanol–water partition coefficient (Wildman–Crippen LogP) is 1.13. The van der Waals surface area contributed by atoms with Gasteiger partial charge in [-0.05, 0) is 6.42 Å². The van der Waals surface area contributed by atoms with Gasteiger partial charge in [0, 0.05) is 6.54 Å². The van der Waals surface area contributed by atoms with Crippen LogP contribution in [0.15, 0.2) is 0 Å². The Balaban J connectivity index is 2.28. The Kier molecular flexibility index (Phi) is 1.08. The molecule has 0 unspecified atom stereocenters. The number of hydrogen-bond acceptors (Lipinski definition) is 1. The third-order valence-electron chi connectivity index (χ3n) is 1.12. The van der Waals surface area contributed by atoms with Gasteiger partial charge >= 0.3 is 0 Å². The first-order valence-corrected chi connectivity index (χ1v) is 3.29. The molecule has 0 aliphatic carbocycles. The molecular weight excluding hydrogens is 189 g/mol. The van der Waals surface area contributed by atoms with Crippen molar-refractivity contribution < 1.29 is 0 Å². The van der Waals surface area contributed by atoms with Gasteiger partial charge in [0.2, 0.25) is 0 Å². The minimum absolute atomic E-state index is 0.512. The van der Waals surface area contributed by atoms with Crippen molar-refractivity contribution in [3.8, 4) is 0 Å². The van der Waals surface area contributed by atoms with Gasteiger partial charge in [-0.3, -0.25) is 5.32 Å². The van der Waals surface area contributed by atoms with Crippen LogP contribution in [-0.2, 0) is 0 Å². The van der Waals surface area contributed by atoms with Gasteiger partial charge in [-0.1, -0.05) is 29.5 Å². The molecule has 0 aromatic heterocycles. The molecule has 0 amide bonds. The molecule has 0 saturated carbocycles. The highest BCUT2D eigenvalue weighted by molar-refractivity contribution is 14.1. The van der Waals surface area contributed by atoms with Crippen LogP contribution in [0.4, 0.5) is 0 Å². The van der Waals surface area contributed by atoms with Crippen LogP contribution in [0.2, 0.25) is 0 Å². The van der Waals surface area contributed by atoms with Gasteiger partial charge in [-0.25, -0.2) is 0 Å². The van der Waals surface area contributed by atoms with Crippen molar-refractivity contribution in [1.29, 1.82) is 0 Å². The van der Waals surface area contributed by atoms with Crippen molar-refractivity contribution in [2.24, 2.45) is 0 Å². The Morgan fingerprint density at radius 3 is 2.50 bits per heavy atom. The molecule has 0 aromatic rings. The van der Waals surface area contributed by atoms with Gasteiger partial charge in [-0.15, -0.1) is 0 Å². The van der Waals surface area contributed by atoms with Crippen LogP contribution in [-0.4, -0.2) is 10.1 Å². The summed E-state index contributed by atoms with van der Waals surface area (Å²) in [5.74, 6) is 0. The molecule has 1 fully saturated rings. The monoisotopic (exact) mass is 197 g/mol. The fraction of sp³-hybridized carbons (Fsp3) is 1.00. The molecule has 1 atom stereocenters. The summed E-state index contributed by atoms with van der Waals surface area (Å²) in [4.78, 5) is 0. The molecule has 1 N–H and O–H groups in total. The molecular formula is C4H8IN. The van der Waals surface area contributed by atoms with Crippen molar-refractivity contribution >= 4 is 22.6 Å². The van der Waals surface area contributed by atoms with Gasteiger partial charge in [0.25, 0.3) is 0 Å². The smallest absolute Gasteiger partial charge is 0.0829 e. The highest BCUT2D eigenvalue weighted by atomic mass is 127. The summed E-state index contributed by atoms with van der Waals surface area (Å²) >= 11 is 2.44. The SMILES string of the molecule is CC[C@@]1(I)CN1. The van der Waals surface area contributed by atoms with E-state index in [-0.39, 0.29) is 0 Å². The van der Waals surface area contributed by atoms with Crippen molar-refractivity contribution in [2.75, 3.05) is 6.54 Å². The number of hydrogen-bond donors (Lipinski definition) is 1. The Bertz CT molecular complexity index is 58.6. The lowest BCUT2D eigenvalue weighted by atomic mass is 10.4. The molecule has 1 saturated heterocycles. The molecule has 2 heteroatoms. The second kappa shape index (κ2) is 1.33. The van der Waals surface area contributed by atoms with E-state index in [1.807, 2.05) is 0 Å². The van der Waals surface area contributed by atoms with E-state index in [0.29, 0.717) is 3.55 Å². The first-order valence-electron chi connectivity index (χ1n) is 2.21. The lowest BCUT2D eigenvalue weighted by Gasteiger charge is -1.92. The van der Waals surface area contributed by atoms with Crippen molar-refractivity contribution in [2.45, 2.75) is 16.9 Å². The molecule has 0 aromatic carbocycles. The maximum atomic E-state index is 3.25. The molecule has 36 valence electrons. The second-order valence-corrected chi connectivity index (χ2v) is 3.74. The van der Waals surface area contributed by atoms with E-state index in [1.54, 1.807) is 0 Å². The van der Waals surface area contributed by atoms with Gasteiger partial charge in [0.15, 0.2) is 0 Å². The highest BCUT2D eigenvalue weighted by Gasteiger charge is 2.36. The summed E-state index contributed by atoms with van der Waals surface area (Å²) < 4.78 is 0.512. The minimum atomic E-state index is 0.512. The number of rotatable bonds is 1.